The molecule has 6 nitrogen and oxygen atoms in total. The van der Waals surface area contributed by atoms with Gasteiger partial charge in [0, 0.05) is 12.6 Å². The second-order valence-electron chi connectivity index (χ2n) is 6.44. The van der Waals surface area contributed by atoms with E-state index in [1.807, 2.05) is 19.1 Å². The van der Waals surface area contributed by atoms with E-state index in [1.54, 1.807) is 14.2 Å². The van der Waals surface area contributed by atoms with Crippen molar-refractivity contribution in [3.63, 3.8) is 0 Å². The van der Waals surface area contributed by atoms with E-state index in [0.717, 1.165) is 18.1 Å². The Labute approximate surface area is 157 Å². The maximum atomic E-state index is 5.66. The van der Waals surface area contributed by atoms with E-state index in [0.29, 0.717) is 36.4 Å². The van der Waals surface area contributed by atoms with Crippen LogP contribution in [0.1, 0.15) is 51.5 Å². The Balaban J connectivity index is 2.14. The summed E-state index contributed by atoms with van der Waals surface area (Å²) in [6, 6.07) is 4.44. The molecule has 2 N–H and O–H groups in total. The molecule has 6 heteroatoms. The number of guanidine groups is 1. The summed E-state index contributed by atoms with van der Waals surface area (Å²) >= 11 is 0. The SMILES string of the molecule is CCNC(=NCc1cc(OC)c(OCC)c(OC)c1)NC1CCCCC1. The van der Waals surface area contributed by atoms with Crippen molar-refractivity contribution in [1.82, 2.24) is 10.6 Å². The molecule has 0 aliphatic heterocycles. The van der Waals surface area contributed by atoms with Crippen LogP contribution in [0, 0.1) is 0 Å². The number of hydrogen-bond acceptors (Lipinski definition) is 4. The van der Waals surface area contributed by atoms with Gasteiger partial charge in [-0.15, -0.1) is 0 Å². The fraction of sp³-hybridized carbons (Fsp3) is 0.650. The van der Waals surface area contributed by atoms with Gasteiger partial charge in [-0.2, -0.15) is 0 Å². The molecule has 1 aliphatic carbocycles. The molecule has 0 amide bonds. The molecule has 1 aliphatic rings. The molecule has 1 saturated carbocycles. The molecule has 0 radical (unpaired) electrons. The Kier molecular flexibility index (Phi) is 8.38. The van der Waals surface area contributed by atoms with Gasteiger partial charge in [0.25, 0.3) is 0 Å². The van der Waals surface area contributed by atoms with Gasteiger partial charge in [-0.3, -0.25) is 0 Å². The van der Waals surface area contributed by atoms with E-state index in [4.69, 9.17) is 19.2 Å². The molecule has 1 aromatic rings. The number of rotatable bonds is 8. The van der Waals surface area contributed by atoms with Crippen LogP contribution in [0.5, 0.6) is 17.2 Å². The summed E-state index contributed by atoms with van der Waals surface area (Å²) in [5.74, 6) is 2.84. The normalized spacial score (nSPS) is 15.5. The van der Waals surface area contributed by atoms with Crippen molar-refractivity contribution >= 4 is 5.96 Å². The van der Waals surface area contributed by atoms with Crippen LogP contribution in [-0.4, -0.2) is 39.4 Å². The van der Waals surface area contributed by atoms with Gasteiger partial charge in [0.05, 0.1) is 27.4 Å². The number of nitrogens with zero attached hydrogens (tertiary/aromatic N) is 1. The van der Waals surface area contributed by atoms with Gasteiger partial charge >= 0.3 is 0 Å². The van der Waals surface area contributed by atoms with Gasteiger partial charge in [0.2, 0.25) is 5.75 Å². The number of nitrogens with one attached hydrogen (secondary N) is 2. The first-order chi connectivity index (χ1) is 12.7. The van der Waals surface area contributed by atoms with Crippen LogP contribution in [0.4, 0.5) is 0 Å². The van der Waals surface area contributed by atoms with Crippen LogP contribution in [0.15, 0.2) is 17.1 Å². The van der Waals surface area contributed by atoms with Crippen molar-refractivity contribution < 1.29 is 14.2 Å². The highest BCUT2D eigenvalue weighted by atomic mass is 16.5. The molecule has 0 bridgehead atoms. The molecular weight excluding hydrogens is 330 g/mol. The maximum absolute atomic E-state index is 5.66. The van der Waals surface area contributed by atoms with Crippen molar-refractivity contribution in [2.24, 2.45) is 4.99 Å². The van der Waals surface area contributed by atoms with Crippen LogP contribution in [-0.2, 0) is 6.54 Å². The van der Waals surface area contributed by atoms with E-state index >= 15 is 0 Å². The standard InChI is InChI=1S/C20H33N3O3/c1-5-21-20(23-16-10-8-7-9-11-16)22-14-15-12-17(24-3)19(26-6-2)18(13-15)25-4/h12-13,16H,5-11,14H2,1-4H3,(H2,21,22,23). The van der Waals surface area contributed by atoms with Gasteiger partial charge in [-0.25, -0.2) is 4.99 Å². The molecule has 0 heterocycles. The number of hydrogen-bond donors (Lipinski definition) is 2. The van der Waals surface area contributed by atoms with Gasteiger partial charge in [0.1, 0.15) is 0 Å². The zero-order valence-electron chi connectivity index (χ0n) is 16.6. The monoisotopic (exact) mass is 363 g/mol. The van der Waals surface area contributed by atoms with Crippen molar-refractivity contribution in [3.8, 4) is 17.2 Å². The Morgan fingerprint density at radius 3 is 2.27 bits per heavy atom. The Bertz CT molecular complexity index is 559. The third-order valence-corrected chi connectivity index (χ3v) is 4.52. The van der Waals surface area contributed by atoms with Crippen LogP contribution in [0.25, 0.3) is 0 Å². The van der Waals surface area contributed by atoms with Crippen LogP contribution < -0.4 is 24.8 Å². The van der Waals surface area contributed by atoms with E-state index < -0.39 is 0 Å². The Morgan fingerprint density at radius 1 is 1.08 bits per heavy atom. The second kappa shape index (κ2) is 10.8. The minimum absolute atomic E-state index is 0.519. The predicted molar refractivity (Wildman–Crippen MR) is 106 cm³/mol. The summed E-state index contributed by atoms with van der Waals surface area (Å²) in [5.41, 5.74) is 1.02. The lowest BCUT2D eigenvalue weighted by Crippen LogP contribution is -2.44. The fourth-order valence-corrected chi connectivity index (χ4v) is 3.24. The van der Waals surface area contributed by atoms with Gasteiger partial charge in [-0.05, 0) is 44.4 Å². The fourth-order valence-electron chi connectivity index (χ4n) is 3.24. The first kappa shape index (κ1) is 20.2. The molecule has 26 heavy (non-hydrogen) atoms. The molecule has 1 fully saturated rings. The average molecular weight is 364 g/mol. The molecule has 146 valence electrons. The summed E-state index contributed by atoms with van der Waals surface area (Å²) in [7, 11) is 3.28. The number of benzene rings is 1. The van der Waals surface area contributed by atoms with E-state index in [2.05, 4.69) is 17.6 Å². The smallest absolute Gasteiger partial charge is 0.203 e. The Morgan fingerprint density at radius 2 is 1.73 bits per heavy atom. The molecule has 0 unspecified atom stereocenters. The molecule has 1 aromatic carbocycles. The van der Waals surface area contributed by atoms with Crippen molar-refractivity contribution in [3.05, 3.63) is 17.7 Å². The topological polar surface area (TPSA) is 64.1 Å². The van der Waals surface area contributed by atoms with Crippen LogP contribution in [0.3, 0.4) is 0 Å². The van der Waals surface area contributed by atoms with Gasteiger partial charge in [0.15, 0.2) is 17.5 Å². The molecule has 0 saturated heterocycles. The summed E-state index contributed by atoms with van der Waals surface area (Å²) in [5, 5.41) is 6.91. The van der Waals surface area contributed by atoms with Gasteiger partial charge < -0.3 is 24.8 Å². The van der Waals surface area contributed by atoms with Crippen LogP contribution >= 0.6 is 0 Å². The van der Waals surface area contributed by atoms with E-state index in [-0.39, 0.29) is 0 Å². The molecule has 0 spiro atoms. The van der Waals surface area contributed by atoms with Crippen molar-refractivity contribution in [2.45, 2.75) is 58.5 Å². The maximum Gasteiger partial charge on any atom is 0.203 e. The first-order valence-electron chi connectivity index (χ1n) is 9.64. The molecular formula is C20H33N3O3. The number of ether oxygens (including phenoxy) is 3. The average Bonchev–Trinajstić information content (AvgIpc) is 2.67. The number of aliphatic imine (C=N–C) groups is 1. The quantitative estimate of drug-likeness (QED) is 0.547. The van der Waals surface area contributed by atoms with E-state index in [9.17, 15) is 0 Å². The molecule has 0 aromatic heterocycles. The summed E-state index contributed by atoms with van der Waals surface area (Å²) in [6.07, 6.45) is 6.37. The van der Waals surface area contributed by atoms with Crippen LogP contribution in [0.2, 0.25) is 0 Å². The molecule has 0 atom stereocenters. The second-order valence-corrected chi connectivity index (χ2v) is 6.44. The third kappa shape index (κ3) is 5.71. The summed E-state index contributed by atoms with van der Waals surface area (Å²) in [4.78, 5) is 4.75. The van der Waals surface area contributed by atoms with E-state index in [1.165, 1.54) is 32.1 Å². The highest BCUT2D eigenvalue weighted by molar-refractivity contribution is 5.80. The van der Waals surface area contributed by atoms with Crippen molar-refractivity contribution in [1.29, 1.82) is 0 Å². The summed E-state index contributed by atoms with van der Waals surface area (Å²) < 4.78 is 16.6. The number of methoxy groups -OCH3 is 2. The first-order valence-corrected chi connectivity index (χ1v) is 9.64. The minimum Gasteiger partial charge on any atom is -0.493 e. The van der Waals surface area contributed by atoms with Crippen molar-refractivity contribution in [2.75, 3.05) is 27.4 Å². The third-order valence-electron chi connectivity index (χ3n) is 4.52. The zero-order valence-corrected chi connectivity index (χ0v) is 16.6. The minimum atomic E-state index is 0.519. The van der Waals surface area contributed by atoms with Gasteiger partial charge in [-0.1, -0.05) is 19.3 Å². The lowest BCUT2D eigenvalue weighted by atomic mass is 9.96. The lowest BCUT2D eigenvalue weighted by Gasteiger charge is -2.25. The lowest BCUT2D eigenvalue weighted by molar-refractivity contribution is 0.288. The molecule has 2 rings (SSSR count). The Hall–Kier alpha value is -2.11. The zero-order chi connectivity index (χ0) is 18.8. The highest BCUT2D eigenvalue weighted by Crippen LogP contribution is 2.38. The summed E-state index contributed by atoms with van der Waals surface area (Å²) in [6.45, 7) is 5.97. The highest BCUT2D eigenvalue weighted by Gasteiger charge is 2.16. The predicted octanol–water partition coefficient (Wildman–Crippen LogP) is 3.49. The largest absolute Gasteiger partial charge is 0.493 e.